The van der Waals surface area contributed by atoms with Crippen molar-refractivity contribution in [2.45, 2.75) is 33.8 Å². The fourth-order valence-electron chi connectivity index (χ4n) is 1.41. The number of carbonyl (C=O) groups excluding carboxylic acids is 1. The smallest absolute Gasteiger partial charge is 0.338 e. The van der Waals surface area contributed by atoms with Crippen molar-refractivity contribution in [3.63, 3.8) is 0 Å². The van der Waals surface area contributed by atoms with Crippen molar-refractivity contribution in [2.24, 2.45) is 0 Å². The third-order valence-electron chi connectivity index (χ3n) is 2.03. The minimum Gasteiger partial charge on any atom is -0.459 e. The van der Waals surface area contributed by atoms with Crippen LogP contribution in [0.2, 0.25) is 0 Å². The Bertz CT molecular complexity index is 320. The molecule has 0 N–H and O–H groups in total. The van der Waals surface area contributed by atoms with Gasteiger partial charge in [-0.25, -0.2) is 4.79 Å². The Morgan fingerprint density at radius 3 is 2.14 bits per heavy atom. The summed E-state index contributed by atoms with van der Waals surface area (Å²) in [5.74, 6) is -0.226. The Morgan fingerprint density at radius 2 is 1.71 bits per heavy atom. The molecule has 0 bridgehead atoms. The summed E-state index contributed by atoms with van der Waals surface area (Å²) in [6.07, 6.45) is -0.0680. The SMILES string of the molecule is Cc1cccc(C)c1C(=O)OC(C)C. The molecule has 1 rings (SSSR count). The maximum Gasteiger partial charge on any atom is 0.338 e. The molecule has 1 aromatic rings. The molecule has 76 valence electrons. The summed E-state index contributed by atoms with van der Waals surface area (Å²) in [6.45, 7) is 7.55. The number of benzene rings is 1. The van der Waals surface area contributed by atoms with Crippen LogP contribution >= 0.6 is 0 Å². The summed E-state index contributed by atoms with van der Waals surface area (Å²) in [6, 6.07) is 5.78. The number of carbonyl (C=O) groups is 1. The zero-order chi connectivity index (χ0) is 10.7. The molecule has 0 aliphatic carbocycles. The molecular weight excluding hydrogens is 176 g/mol. The van der Waals surface area contributed by atoms with Crippen LogP contribution in [0.5, 0.6) is 0 Å². The molecule has 0 aromatic heterocycles. The average molecular weight is 192 g/mol. The van der Waals surface area contributed by atoms with Gasteiger partial charge in [-0.2, -0.15) is 0 Å². The number of hydrogen-bond donors (Lipinski definition) is 0. The highest BCUT2D eigenvalue weighted by atomic mass is 16.5. The highest BCUT2D eigenvalue weighted by molar-refractivity contribution is 5.92. The molecule has 0 saturated heterocycles. The van der Waals surface area contributed by atoms with Crippen molar-refractivity contribution in [3.8, 4) is 0 Å². The van der Waals surface area contributed by atoms with Crippen LogP contribution in [0, 0.1) is 13.8 Å². The Labute approximate surface area is 84.9 Å². The first-order valence-corrected chi connectivity index (χ1v) is 4.79. The molecule has 0 amide bonds. The molecule has 14 heavy (non-hydrogen) atoms. The molecule has 0 unspecified atom stereocenters. The van der Waals surface area contributed by atoms with E-state index in [2.05, 4.69) is 0 Å². The summed E-state index contributed by atoms with van der Waals surface area (Å²) < 4.78 is 5.16. The topological polar surface area (TPSA) is 26.3 Å². The van der Waals surface area contributed by atoms with Crippen LogP contribution in [0.15, 0.2) is 18.2 Å². The van der Waals surface area contributed by atoms with Crippen LogP contribution in [0.4, 0.5) is 0 Å². The lowest BCUT2D eigenvalue weighted by Crippen LogP contribution is -2.14. The number of hydrogen-bond acceptors (Lipinski definition) is 2. The molecule has 0 atom stereocenters. The molecule has 2 nitrogen and oxygen atoms in total. The first-order valence-electron chi connectivity index (χ1n) is 4.79. The van der Waals surface area contributed by atoms with Gasteiger partial charge in [0, 0.05) is 0 Å². The Kier molecular flexibility index (Phi) is 3.28. The minimum absolute atomic E-state index is 0.0680. The fourth-order valence-corrected chi connectivity index (χ4v) is 1.41. The van der Waals surface area contributed by atoms with Crippen molar-refractivity contribution >= 4 is 5.97 Å². The van der Waals surface area contributed by atoms with Gasteiger partial charge in [0.05, 0.1) is 11.7 Å². The maximum atomic E-state index is 11.7. The van der Waals surface area contributed by atoms with E-state index in [1.807, 2.05) is 45.9 Å². The highest BCUT2D eigenvalue weighted by Gasteiger charge is 2.13. The van der Waals surface area contributed by atoms with Crippen LogP contribution in [0.1, 0.15) is 35.3 Å². The van der Waals surface area contributed by atoms with Gasteiger partial charge in [-0.05, 0) is 38.8 Å². The normalized spacial score (nSPS) is 10.4. The van der Waals surface area contributed by atoms with Crippen LogP contribution in [-0.2, 0) is 4.74 Å². The van der Waals surface area contributed by atoms with Crippen molar-refractivity contribution in [1.82, 2.24) is 0 Å². The molecule has 0 aliphatic heterocycles. The largest absolute Gasteiger partial charge is 0.459 e. The molecule has 2 heteroatoms. The van der Waals surface area contributed by atoms with Crippen molar-refractivity contribution in [3.05, 3.63) is 34.9 Å². The molecule has 0 aliphatic rings. The maximum absolute atomic E-state index is 11.7. The van der Waals surface area contributed by atoms with E-state index in [9.17, 15) is 4.79 Å². The van der Waals surface area contributed by atoms with Gasteiger partial charge < -0.3 is 4.74 Å². The fraction of sp³-hybridized carbons (Fsp3) is 0.417. The zero-order valence-electron chi connectivity index (χ0n) is 9.13. The second-order valence-corrected chi connectivity index (χ2v) is 3.72. The van der Waals surface area contributed by atoms with E-state index in [4.69, 9.17) is 4.74 Å². The van der Waals surface area contributed by atoms with E-state index in [1.54, 1.807) is 0 Å². The number of aryl methyl sites for hydroxylation is 2. The van der Waals surface area contributed by atoms with Gasteiger partial charge >= 0.3 is 5.97 Å². The number of ether oxygens (including phenoxy) is 1. The monoisotopic (exact) mass is 192 g/mol. The van der Waals surface area contributed by atoms with Gasteiger partial charge in [-0.15, -0.1) is 0 Å². The van der Waals surface area contributed by atoms with Crippen LogP contribution in [0.25, 0.3) is 0 Å². The van der Waals surface area contributed by atoms with Gasteiger partial charge in [-0.3, -0.25) is 0 Å². The highest BCUT2D eigenvalue weighted by Crippen LogP contribution is 2.15. The summed E-state index contributed by atoms with van der Waals surface area (Å²) >= 11 is 0. The first kappa shape index (κ1) is 10.8. The standard InChI is InChI=1S/C12H16O2/c1-8(2)14-12(13)11-9(3)6-5-7-10(11)4/h5-8H,1-4H3. The summed E-state index contributed by atoms with van der Waals surface area (Å²) in [7, 11) is 0. The van der Waals surface area contributed by atoms with Crippen LogP contribution in [0.3, 0.4) is 0 Å². The molecule has 0 fully saturated rings. The third kappa shape index (κ3) is 2.34. The van der Waals surface area contributed by atoms with E-state index in [0.29, 0.717) is 5.56 Å². The molecule has 0 radical (unpaired) electrons. The number of rotatable bonds is 2. The van der Waals surface area contributed by atoms with Crippen molar-refractivity contribution in [2.75, 3.05) is 0 Å². The lowest BCUT2D eigenvalue weighted by Gasteiger charge is -2.11. The van der Waals surface area contributed by atoms with Gasteiger partial charge in [0.2, 0.25) is 0 Å². The second-order valence-electron chi connectivity index (χ2n) is 3.72. The zero-order valence-corrected chi connectivity index (χ0v) is 9.13. The molecular formula is C12H16O2. The summed E-state index contributed by atoms with van der Waals surface area (Å²) in [4.78, 5) is 11.7. The lowest BCUT2D eigenvalue weighted by molar-refractivity contribution is 0.0376. The Balaban J connectivity index is 3.00. The molecule has 0 saturated carbocycles. The van der Waals surface area contributed by atoms with Crippen LogP contribution < -0.4 is 0 Å². The summed E-state index contributed by atoms with van der Waals surface area (Å²) in [5.41, 5.74) is 2.63. The van der Waals surface area contributed by atoms with E-state index >= 15 is 0 Å². The Morgan fingerprint density at radius 1 is 1.21 bits per heavy atom. The van der Waals surface area contributed by atoms with Gasteiger partial charge in [0.1, 0.15) is 0 Å². The van der Waals surface area contributed by atoms with E-state index in [0.717, 1.165) is 11.1 Å². The average Bonchev–Trinajstić information content (AvgIpc) is 2.01. The first-order chi connectivity index (χ1) is 6.52. The minimum atomic E-state index is -0.226. The third-order valence-corrected chi connectivity index (χ3v) is 2.03. The van der Waals surface area contributed by atoms with E-state index in [1.165, 1.54) is 0 Å². The van der Waals surface area contributed by atoms with Gasteiger partial charge in [-0.1, -0.05) is 18.2 Å². The van der Waals surface area contributed by atoms with Gasteiger partial charge in [0.25, 0.3) is 0 Å². The predicted octanol–water partition coefficient (Wildman–Crippen LogP) is 2.87. The molecule has 1 aromatic carbocycles. The summed E-state index contributed by atoms with van der Waals surface area (Å²) in [5, 5.41) is 0. The van der Waals surface area contributed by atoms with Crippen LogP contribution in [-0.4, -0.2) is 12.1 Å². The van der Waals surface area contributed by atoms with E-state index < -0.39 is 0 Å². The Hall–Kier alpha value is -1.31. The second kappa shape index (κ2) is 4.27. The van der Waals surface area contributed by atoms with Gasteiger partial charge in [0.15, 0.2) is 0 Å². The molecule has 0 heterocycles. The van der Waals surface area contributed by atoms with E-state index in [-0.39, 0.29) is 12.1 Å². The van der Waals surface area contributed by atoms with Crippen molar-refractivity contribution < 1.29 is 9.53 Å². The van der Waals surface area contributed by atoms with Crippen molar-refractivity contribution in [1.29, 1.82) is 0 Å². The number of esters is 1. The molecule has 0 spiro atoms. The quantitative estimate of drug-likeness (QED) is 0.673. The lowest BCUT2D eigenvalue weighted by atomic mass is 10.0. The predicted molar refractivity (Wildman–Crippen MR) is 56.5 cm³/mol.